The maximum Gasteiger partial charge on any atom is 0.236 e. The topological polar surface area (TPSA) is 17.1 Å². The van der Waals surface area contributed by atoms with Crippen LogP contribution in [0.25, 0.3) is 0 Å². The average molecular weight is 270 g/mol. The third-order valence-corrected chi connectivity index (χ3v) is 2.82. The third-order valence-electron chi connectivity index (χ3n) is 2.82. The van der Waals surface area contributed by atoms with Crippen LogP contribution in [0, 0.1) is 30.6 Å². The molecule has 1 nitrogen and oxygen atoms in total. The zero-order chi connectivity index (χ0) is 14.9. The first kappa shape index (κ1) is 14.4. The van der Waals surface area contributed by atoms with E-state index >= 15 is 0 Å². The number of carbonyl (C=O) groups is 1. The van der Waals surface area contributed by atoms with Crippen LogP contribution < -0.4 is 0 Å². The molecule has 0 aliphatic rings. The molecule has 0 N–H and O–H groups in total. The molecule has 0 aliphatic carbocycles. The summed E-state index contributed by atoms with van der Waals surface area (Å²) in [5.41, 5.74) is 2.74. The van der Waals surface area contributed by atoms with Gasteiger partial charge in [-0.05, 0) is 36.6 Å². The van der Waals surface area contributed by atoms with E-state index in [1.165, 1.54) is 0 Å². The first-order chi connectivity index (χ1) is 10.3. The van der Waals surface area contributed by atoms with Gasteiger partial charge in [0.1, 0.15) is 0 Å². The van der Waals surface area contributed by atoms with Crippen LogP contribution in [0.3, 0.4) is 0 Å². The predicted molar refractivity (Wildman–Crippen MR) is 85.7 cm³/mol. The van der Waals surface area contributed by atoms with Crippen molar-refractivity contribution in [1.29, 1.82) is 0 Å². The molecule has 100 valence electrons. The van der Waals surface area contributed by atoms with Gasteiger partial charge >= 0.3 is 0 Å². The average Bonchev–Trinajstić information content (AvgIpc) is 2.53. The van der Waals surface area contributed by atoms with E-state index in [-0.39, 0.29) is 5.78 Å². The number of benzene rings is 2. The van der Waals surface area contributed by atoms with E-state index in [4.69, 9.17) is 0 Å². The van der Waals surface area contributed by atoms with Crippen LogP contribution in [0.5, 0.6) is 0 Å². The molecular formula is C20H14O. The van der Waals surface area contributed by atoms with Crippen LogP contribution >= 0.6 is 0 Å². The second kappa shape index (κ2) is 7.53. The number of allylic oxidation sites excluding steroid dienone is 2. The van der Waals surface area contributed by atoms with E-state index < -0.39 is 0 Å². The van der Waals surface area contributed by atoms with Gasteiger partial charge in [-0.3, -0.25) is 4.79 Å². The quantitative estimate of drug-likeness (QED) is 0.438. The fraction of sp³-hybridized carbons (Fsp3) is 0.0500. The summed E-state index contributed by atoms with van der Waals surface area (Å²) >= 11 is 0. The monoisotopic (exact) mass is 270 g/mol. The van der Waals surface area contributed by atoms with E-state index in [0.29, 0.717) is 5.56 Å². The van der Waals surface area contributed by atoms with Gasteiger partial charge in [-0.15, -0.1) is 0 Å². The van der Waals surface area contributed by atoms with Gasteiger partial charge in [0, 0.05) is 11.1 Å². The molecule has 21 heavy (non-hydrogen) atoms. The fourth-order valence-electron chi connectivity index (χ4n) is 1.68. The summed E-state index contributed by atoms with van der Waals surface area (Å²) in [6.07, 6.45) is 3.24. The predicted octanol–water partition coefficient (Wildman–Crippen LogP) is 3.79. The van der Waals surface area contributed by atoms with Crippen molar-refractivity contribution >= 4 is 5.78 Å². The van der Waals surface area contributed by atoms with Crippen LogP contribution in [0.15, 0.2) is 66.7 Å². The number of ketones is 1. The summed E-state index contributed by atoms with van der Waals surface area (Å²) < 4.78 is 0. The first-order valence-electron chi connectivity index (χ1n) is 6.60. The summed E-state index contributed by atoms with van der Waals surface area (Å²) in [7, 11) is 0. The summed E-state index contributed by atoms with van der Waals surface area (Å²) in [6, 6.07) is 16.9. The van der Waals surface area contributed by atoms with Crippen LogP contribution in [0.1, 0.15) is 21.5 Å². The normalized spacial score (nSPS) is 9.38. The van der Waals surface area contributed by atoms with Gasteiger partial charge in [-0.25, -0.2) is 0 Å². The molecule has 0 saturated carbocycles. The van der Waals surface area contributed by atoms with Gasteiger partial charge in [0.15, 0.2) is 0 Å². The lowest BCUT2D eigenvalue weighted by atomic mass is 10.1. The molecule has 0 heterocycles. The molecule has 0 radical (unpaired) electrons. The standard InChI is InChI=1S/C20H14O/c1-17-11-9-10-13-18(17)12-5-2-3-8-16-20(21)19-14-6-4-7-15-19/h2-4,6-7,9-11,13-15H,1H3/b3-2-. The smallest absolute Gasteiger partial charge is 0.236 e. The summed E-state index contributed by atoms with van der Waals surface area (Å²) in [5.74, 6) is 11.0. The number of rotatable bonds is 1. The highest BCUT2D eigenvalue weighted by atomic mass is 16.1. The fourth-order valence-corrected chi connectivity index (χ4v) is 1.68. The number of hydrogen-bond donors (Lipinski definition) is 0. The molecule has 0 atom stereocenters. The van der Waals surface area contributed by atoms with Crippen molar-refractivity contribution in [2.45, 2.75) is 6.92 Å². The van der Waals surface area contributed by atoms with E-state index in [1.807, 2.05) is 49.4 Å². The van der Waals surface area contributed by atoms with E-state index in [9.17, 15) is 4.79 Å². The number of carbonyl (C=O) groups excluding carboxylic acids is 1. The Labute approximate surface area is 125 Å². The van der Waals surface area contributed by atoms with Crippen molar-refractivity contribution in [1.82, 2.24) is 0 Å². The Bertz CT molecular complexity index is 775. The largest absolute Gasteiger partial charge is 0.279 e. The second-order valence-electron chi connectivity index (χ2n) is 4.38. The molecule has 0 fully saturated rings. The maximum atomic E-state index is 11.7. The van der Waals surface area contributed by atoms with Crippen molar-refractivity contribution in [2.24, 2.45) is 0 Å². The number of hydrogen-bond acceptors (Lipinski definition) is 1. The molecular weight excluding hydrogens is 256 g/mol. The van der Waals surface area contributed by atoms with E-state index in [1.54, 1.807) is 24.3 Å². The van der Waals surface area contributed by atoms with Crippen molar-refractivity contribution in [2.75, 3.05) is 0 Å². The zero-order valence-corrected chi connectivity index (χ0v) is 11.8. The van der Waals surface area contributed by atoms with Gasteiger partial charge in [-0.2, -0.15) is 0 Å². The molecule has 0 spiro atoms. The van der Waals surface area contributed by atoms with Gasteiger partial charge in [0.2, 0.25) is 5.78 Å². The summed E-state index contributed by atoms with van der Waals surface area (Å²) in [5, 5.41) is 0. The van der Waals surface area contributed by atoms with Gasteiger partial charge in [0.25, 0.3) is 0 Å². The molecule has 0 unspecified atom stereocenters. The molecule has 0 saturated heterocycles. The Morgan fingerprint density at radius 1 is 0.905 bits per heavy atom. The van der Waals surface area contributed by atoms with E-state index in [2.05, 4.69) is 23.7 Å². The lowest BCUT2D eigenvalue weighted by Gasteiger charge is -1.93. The van der Waals surface area contributed by atoms with Crippen molar-refractivity contribution < 1.29 is 4.79 Å². The van der Waals surface area contributed by atoms with Crippen LogP contribution in [-0.2, 0) is 0 Å². The second-order valence-corrected chi connectivity index (χ2v) is 4.38. The van der Waals surface area contributed by atoms with Crippen molar-refractivity contribution in [3.63, 3.8) is 0 Å². The minimum absolute atomic E-state index is 0.188. The van der Waals surface area contributed by atoms with Crippen LogP contribution in [0.4, 0.5) is 0 Å². The Hall–Kier alpha value is -3.03. The molecule has 2 aromatic carbocycles. The molecule has 2 aromatic rings. The SMILES string of the molecule is Cc1ccccc1C#C/C=C\C#CC(=O)c1ccccc1. The Morgan fingerprint density at radius 3 is 2.33 bits per heavy atom. The molecule has 0 amide bonds. The number of Topliss-reactive ketones (excluding diaryl/α,β-unsaturated/α-hetero) is 1. The Kier molecular flexibility index (Phi) is 5.16. The molecule has 0 aliphatic heterocycles. The maximum absolute atomic E-state index is 11.7. The minimum atomic E-state index is -0.188. The highest BCUT2D eigenvalue weighted by Gasteiger charge is 1.97. The van der Waals surface area contributed by atoms with Gasteiger partial charge in [-0.1, -0.05) is 66.3 Å². The minimum Gasteiger partial charge on any atom is -0.279 e. The molecule has 0 bridgehead atoms. The Balaban J connectivity index is 1.98. The molecule has 2 rings (SSSR count). The summed E-state index contributed by atoms with van der Waals surface area (Å²) in [6.45, 7) is 2.02. The van der Waals surface area contributed by atoms with Crippen molar-refractivity contribution in [3.8, 4) is 23.7 Å². The van der Waals surface area contributed by atoms with E-state index in [0.717, 1.165) is 11.1 Å². The zero-order valence-electron chi connectivity index (χ0n) is 11.8. The summed E-state index contributed by atoms with van der Waals surface area (Å²) in [4.78, 5) is 11.7. The van der Waals surface area contributed by atoms with Crippen LogP contribution in [0.2, 0.25) is 0 Å². The first-order valence-corrected chi connectivity index (χ1v) is 6.60. The van der Waals surface area contributed by atoms with Crippen LogP contribution in [-0.4, -0.2) is 5.78 Å². The van der Waals surface area contributed by atoms with Gasteiger partial charge in [0.05, 0.1) is 0 Å². The lowest BCUT2D eigenvalue weighted by Crippen LogP contribution is -1.92. The third kappa shape index (κ3) is 4.53. The molecule has 1 heteroatoms. The highest BCUT2D eigenvalue weighted by molar-refractivity contribution is 6.09. The highest BCUT2D eigenvalue weighted by Crippen LogP contribution is 2.04. The number of aryl methyl sites for hydroxylation is 1. The lowest BCUT2D eigenvalue weighted by molar-refractivity contribution is 0.105. The van der Waals surface area contributed by atoms with Crippen molar-refractivity contribution in [3.05, 3.63) is 83.4 Å². The Morgan fingerprint density at radius 2 is 1.57 bits per heavy atom. The van der Waals surface area contributed by atoms with Gasteiger partial charge < -0.3 is 0 Å². The molecule has 0 aromatic heterocycles.